The van der Waals surface area contributed by atoms with Gasteiger partial charge in [-0.15, -0.1) is 0 Å². The summed E-state index contributed by atoms with van der Waals surface area (Å²) in [5.41, 5.74) is 0.307. The van der Waals surface area contributed by atoms with Crippen molar-refractivity contribution in [2.75, 3.05) is 7.05 Å². The second kappa shape index (κ2) is 10.2. The fourth-order valence-electron chi connectivity index (χ4n) is 3.03. The van der Waals surface area contributed by atoms with Crippen LogP contribution in [0.3, 0.4) is 0 Å². The number of benzene rings is 1. The molecule has 1 heterocycles. The molecule has 0 spiro atoms. The second-order valence-corrected chi connectivity index (χ2v) is 8.96. The summed E-state index contributed by atoms with van der Waals surface area (Å²) in [6, 6.07) is 8.70. The highest BCUT2D eigenvalue weighted by molar-refractivity contribution is 6.05. The number of ether oxygens (including phenoxy) is 1. The van der Waals surface area contributed by atoms with Crippen molar-refractivity contribution in [1.29, 1.82) is 0 Å². The van der Waals surface area contributed by atoms with E-state index in [0.29, 0.717) is 13.0 Å². The monoisotopic (exact) mass is 428 g/mol. The van der Waals surface area contributed by atoms with Gasteiger partial charge in [-0.05, 0) is 38.7 Å². The third-order valence-corrected chi connectivity index (χ3v) is 4.38. The standard InChI is InChI=1S/C23H32N4O4/c1-15(2)12-17(22(30)31-23(3,4)5)26-20(28)18-19(25-14-24-18)21(29)27(6)13-16-10-8-7-9-11-16/h7-11,14-15,17H,12-13H2,1-6H3,(H,24,25)(H,26,28). The van der Waals surface area contributed by atoms with Gasteiger partial charge in [-0.1, -0.05) is 44.2 Å². The molecule has 0 saturated heterocycles. The first kappa shape index (κ1) is 24.1. The van der Waals surface area contributed by atoms with Crippen LogP contribution in [0.4, 0.5) is 0 Å². The van der Waals surface area contributed by atoms with Gasteiger partial charge in [0, 0.05) is 13.6 Å². The van der Waals surface area contributed by atoms with E-state index in [2.05, 4.69) is 15.3 Å². The van der Waals surface area contributed by atoms with Crippen molar-refractivity contribution in [3.05, 3.63) is 53.6 Å². The average molecular weight is 429 g/mol. The topological polar surface area (TPSA) is 104 Å². The minimum atomic E-state index is -0.839. The molecule has 0 bridgehead atoms. The predicted molar refractivity (Wildman–Crippen MR) is 117 cm³/mol. The van der Waals surface area contributed by atoms with Crippen LogP contribution in [-0.4, -0.2) is 51.3 Å². The molecule has 1 aromatic heterocycles. The summed E-state index contributed by atoms with van der Waals surface area (Å²) in [4.78, 5) is 46.7. The Morgan fingerprint density at radius 1 is 1.16 bits per heavy atom. The number of hydrogen-bond donors (Lipinski definition) is 2. The van der Waals surface area contributed by atoms with E-state index < -0.39 is 23.5 Å². The fraction of sp³-hybridized carbons (Fsp3) is 0.478. The third kappa shape index (κ3) is 7.24. The van der Waals surface area contributed by atoms with Gasteiger partial charge in [0.2, 0.25) is 0 Å². The van der Waals surface area contributed by atoms with Crippen molar-refractivity contribution in [2.45, 2.75) is 59.2 Å². The van der Waals surface area contributed by atoms with Gasteiger partial charge in [0.05, 0.1) is 6.33 Å². The Morgan fingerprint density at radius 2 is 1.81 bits per heavy atom. The van der Waals surface area contributed by atoms with E-state index in [0.717, 1.165) is 5.56 Å². The van der Waals surface area contributed by atoms with E-state index in [1.807, 2.05) is 44.2 Å². The number of nitrogens with one attached hydrogen (secondary N) is 2. The Morgan fingerprint density at radius 3 is 2.39 bits per heavy atom. The quantitative estimate of drug-likeness (QED) is 0.629. The summed E-state index contributed by atoms with van der Waals surface area (Å²) >= 11 is 0. The van der Waals surface area contributed by atoms with E-state index >= 15 is 0 Å². The molecule has 1 aromatic carbocycles. The first-order valence-corrected chi connectivity index (χ1v) is 10.3. The molecule has 0 saturated carbocycles. The molecule has 0 aliphatic rings. The fourth-order valence-corrected chi connectivity index (χ4v) is 3.03. The van der Waals surface area contributed by atoms with Gasteiger partial charge in [-0.2, -0.15) is 0 Å². The summed E-state index contributed by atoms with van der Waals surface area (Å²) in [6.07, 6.45) is 1.70. The normalized spacial score (nSPS) is 12.4. The van der Waals surface area contributed by atoms with Crippen molar-refractivity contribution < 1.29 is 19.1 Å². The lowest BCUT2D eigenvalue weighted by molar-refractivity contribution is -0.157. The zero-order valence-corrected chi connectivity index (χ0v) is 19.1. The van der Waals surface area contributed by atoms with Crippen LogP contribution in [0.25, 0.3) is 0 Å². The molecule has 8 heteroatoms. The van der Waals surface area contributed by atoms with Crippen molar-refractivity contribution in [1.82, 2.24) is 20.2 Å². The smallest absolute Gasteiger partial charge is 0.329 e. The molecular weight excluding hydrogens is 396 g/mol. The molecule has 2 N–H and O–H groups in total. The van der Waals surface area contributed by atoms with Crippen LogP contribution in [-0.2, 0) is 16.1 Å². The van der Waals surface area contributed by atoms with Crippen LogP contribution < -0.4 is 5.32 Å². The maximum absolute atomic E-state index is 12.9. The number of aromatic nitrogens is 2. The van der Waals surface area contributed by atoms with Crippen molar-refractivity contribution >= 4 is 17.8 Å². The zero-order chi connectivity index (χ0) is 23.2. The highest BCUT2D eigenvalue weighted by atomic mass is 16.6. The molecule has 2 rings (SSSR count). The number of nitrogens with zero attached hydrogens (tertiary/aromatic N) is 2. The summed E-state index contributed by atoms with van der Waals surface area (Å²) in [5.74, 6) is -1.34. The number of rotatable bonds is 8. The van der Waals surface area contributed by atoms with Crippen LogP contribution in [0.5, 0.6) is 0 Å². The first-order valence-electron chi connectivity index (χ1n) is 10.3. The van der Waals surface area contributed by atoms with Crippen LogP contribution in [0.2, 0.25) is 0 Å². The molecule has 1 atom stereocenters. The van der Waals surface area contributed by atoms with Crippen molar-refractivity contribution in [2.24, 2.45) is 5.92 Å². The molecule has 0 radical (unpaired) electrons. The highest BCUT2D eigenvalue weighted by Crippen LogP contribution is 2.15. The molecular formula is C23H32N4O4. The van der Waals surface area contributed by atoms with Crippen LogP contribution in [0.15, 0.2) is 36.7 Å². The summed E-state index contributed by atoms with van der Waals surface area (Å²) < 4.78 is 5.44. The van der Waals surface area contributed by atoms with Gasteiger partial charge in [0.15, 0.2) is 5.69 Å². The molecule has 168 valence electrons. The minimum absolute atomic E-state index is 0.0535. The van der Waals surface area contributed by atoms with Gasteiger partial charge in [0.25, 0.3) is 11.8 Å². The molecule has 2 aromatic rings. The molecule has 8 nitrogen and oxygen atoms in total. The molecule has 0 fully saturated rings. The second-order valence-electron chi connectivity index (χ2n) is 8.96. The lowest BCUT2D eigenvalue weighted by Gasteiger charge is -2.25. The Balaban J connectivity index is 2.15. The Bertz CT molecular complexity index is 900. The van der Waals surface area contributed by atoms with E-state index in [-0.39, 0.29) is 23.2 Å². The number of H-pyrrole nitrogens is 1. The lowest BCUT2D eigenvalue weighted by atomic mass is 10.0. The van der Waals surface area contributed by atoms with Crippen LogP contribution >= 0.6 is 0 Å². The van der Waals surface area contributed by atoms with Crippen molar-refractivity contribution in [3.63, 3.8) is 0 Å². The average Bonchev–Trinajstić information content (AvgIpc) is 3.15. The van der Waals surface area contributed by atoms with E-state index in [9.17, 15) is 14.4 Å². The summed E-state index contributed by atoms with van der Waals surface area (Å²) in [7, 11) is 1.65. The maximum atomic E-state index is 12.9. The number of carbonyl (C=O) groups is 3. The largest absolute Gasteiger partial charge is 0.458 e. The first-order chi connectivity index (χ1) is 14.5. The highest BCUT2D eigenvalue weighted by Gasteiger charge is 2.30. The molecule has 31 heavy (non-hydrogen) atoms. The zero-order valence-electron chi connectivity index (χ0n) is 19.1. The van der Waals surface area contributed by atoms with E-state index in [4.69, 9.17) is 4.74 Å². The minimum Gasteiger partial charge on any atom is -0.458 e. The number of aromatic amines is 1. The van der Waals surface area contributed by atoms with Gasteiger partial charge < -0.3 is 19.9 Å². The summed E-state index contributed by atoms with van der Waals surface area (Å²) in [5, 5.41) is 2.69. The Labute approximate surface area is 183 Å². The van der Waals surface area contributed by atoms with Gasteiger partial charge >= 0.3 is 5.97 Å². The number of amides is 2. The number of carbonyl (C=O) groups excluding carboxylic acids is 3. The Hall–Kier alpha value is -3.16. The van der Waals surface area contributed by atoms with E-state index in [1.165, 1.54) is 11.2 Å². The number of hydrogen-bond acceptors (Lipinski definition) is 5. The molecule has 0 aliphatic carbocycles. The lowest BCUT2D eigenvalue weighted by Crippen LogP contribution is -2.45. The van der Waals surface area contributed by atoms with Crippen LogP contribution in [0, 0.1) is 5.92 Å². The summed E-state index contributed by atoms with van der Waals surface area (Å²) in [6.45, 7) is 9.59. The van der Waals surface area contributed by atoms with Gasteiger partial charge in [-0.25, -0.2) is 9.78 Å². The third-order valence-electron chi connectivity index (χ3n) is 4.38. The molecule has 0 aliphatic heterocycles. The van der Waals surface area contributed by atoms with Crippen LogP contribution in [0.1, 0.15) is 67.6 Å². The van der Waals surface area contributed by atoms with Gasteiger partial charge in [0.1, 0.15) is 17.3 Å². The predicted octanol–water partition coefficient (Wildman–Crippen LogP) is 3.17. The Kier molecular flexibility index (Phi) is 7.96. The molecule has 1 unspecified atom stereocenters. The maximum Gasteiger partial charge on any atom is 0.329 e. The molecule has 2 amide bonds. The van der Waals surface area contributed by atoms with E-state index in [1.54, 1.807) is 27.8 Å². The van der Waals surface area contributed by atoms with Crippen molar-refractivity contribution in [3.8, 4) is 0 Å². The SMILES string of the molecule is CC(C)CC(NC(=O)c1nc[nH]c1C(=O)N(C)Cc1ccccc1)C(=O)OC(C)(C)C. The van der Waals surface area contributed by atoms with Gasteiger partial charge in [-0.3, -0.25) is 9.59 Å². The number of imidazole rings is 1. The number of esters is 1.